The van der Waals surface area contributed by atoms with Gasteiger partial charge in [0.15, 0.2) is 11.5 Å². The first-order valence-corrected chi connectivity index (χ1v) is 12.1. The molecule has 1 aromatic heterocycles. The van der Waals surface area contributed by atoms with Crippen LogP contribution in [0.2, 0.25) is 10.0 Å². The summed E-state index contributed by atoms with van der Waals surface area (Å²) in [6.45, 7) is 3.94. The number of ether oxygens (including phenoxy) is 2. The molecule has 0 unspecified atom stereocenters. The van der Waals surface area contributed by atoms with Crippen molar-refractivity contribution < 1.29 is 23.5 Å². The molecule has 1 aliphatic heterocycles. The highest BCUT2D eigenvalue weighted by Gasteiger charge is 2.36. The van der Waals surface area contributed by atoms with Crippen molar-refractivity contribution in [3.63, 3.8) is 0 Å². The number of hydrogen-bond donors (Lipinski definition) is 0. The highest BCUT2D eigenvalue weighted by atomic mass is 35.5. The highest BCUT2D eigenvalue weighted by Crippen LogP contribution is 2.33. The van der Waals surface area contributed by atoms with Gasteiger partial charge < -0.3 is 13.9 Å². The van der Waals surface area contributed by atoms with Gasteiger partial charge in [-0.25, -0.2) is 0 Å². The van der Waals surface area contributed by atoms with Crippen LogP contribution < -0.4 is 9.47 Å². The van der Waals surface area contributed by atoms with Crippen molar-refractivity contribution >= 4 is 41.1 Å². The second kappa shape index (κ2) is 11.4. The second-order valence-corrected chi connectivity index (χ2v) is 8.95. The van der Waals surface area contributed by atoms with E-state index in [0.29, 0.717) is 45.0 Å². The van der Waals surface area contributed by atoms with Crippen molar-refractivity contribution in [1.29, 1.82) is 5.26 Å². The van der Waals surface area contributed by atoms with Gasteiger partial charge in [0, 0.05) is 21.2 Å². The zero-order chi connectivity index (χ0) is 26.5. The third kappa shape index (κ3) is 5.72. The van der Waals surface area contributed by atoms with Crippen LogP contribution in [-0.2, 0) is 22.7 Å². The lowest BCUT2D eigenvalue weighted by atomic mass is 9.93. The molecule has 4 rings (SSSR count). The number of amides is 2. The standard InChI is InChI=1S/C28H22Cl2N2O5/c1-3-35-26-12-18(6-9-25(26)37-16-19-7-8-20(29)13-24(19)30)11-22-17(2)23(14-31)28(34)32(27(22)33)15-21-5-4-10-36-21/h4-13H,3,15-16H2,1-2H3/b22-11+. The van der Waals surface area contributed by atoms with Gasteiger partial charge in [-0.15, -0.1) is 0 Å². The summed E-state index contributed by atoms with van der Waals surface area (Å²) in [4.78, 5) is 27.1. The van der Waals surface area contributed by atoms with Crippen LogP contribution in [0.5, 0.6) is 11.5 Å². The number of benzene rings is 2. The summed E-state index contributed by atoms with van der Waals surface area (Å²) in [5.41, 5.74) is 1.84. The lowest BCUT2D eigenvalue weighted by molar-refractivity contribution is -0.141. The van der Waals surface area contributed by atoms with Gasteiger partial charge >= 0.3 is 0 Å². The van der Waals surface area contributed by atoms with Gasteiger partial charge in [0.2, 0.25) is 0 Å². The molecule has 1 aliphatic rings. The molecule has 0 bridgehead atoms. The van der Waals surface area contributed by atoms with E-state index in [4.69, 9.17) is 37.1 Å². The summed E-state index contributed by atoms with van der Waals surface area (Å²) < 4.78 is 17.0. The van der Waals surface area contributed by atoms with E-state index in [-0.39, 0.29) is 24.3 Å². The molecule has 7 nitrogen and oxygen atoms in total. The lowest BCUT2D eigenvalue weighted by Gasteiger charge is -2.26. The molecule has 0 atom stereocenters. The SMILES string of the molecule is CCOc1cc(/C=C2/C(=O)N(Cc3ccco3)C(=O)C(C#N)=C2C)ccc1OCc1ccc(Cl)cc1Cl. The fourth-order valence-corrected chi connectivity index (χ4v) is 4.26. The summed E-state index contributed by atoms with van der Waals surface area (Å²) >= 11 is 12.2. The summed E-state index contributed by atoms with van der Waals surface area (Å²) in [5, 5.41) is 10.6. The van der Waals surface area contributed by atoms with Gasteiger partial charge in [0.25, 0.3) is 11.8 Å². The number of halogens is 2. The molecule has 0 radical (unpaired) electrons. The first-order valence-electron chi connectivity index (χ1n) is 11.4. The number of imide groups is 1. The van der Waals surface area contributed by atoms with Crippen molar-refractivity contribution in [1.82, 2.24) is 4.90 Å². The maximum absolute atomic E-state index is 13.3. The third-order valence-electron chi connectivity index (χ3n) is 5.70. The van der Waals surface area contributed by atoms with Gasteiger partial charge in [-0.1, -0.05) is 35.3 Å². The van der Waals surface area contributed by atoms with Gasteiger partial charge in [-0.05, 0) is 67.5 Å². The molecule has 188 valence electrons. The summed E-state index contributed by atoms with van der Waals surface area (Å²) in [7, 11) is 0. The van der Waals surface area contributed by atoms with Crippen LogP contribution in [0.4, 0.5) is 0 Å². The van der Waals surface area contributed by atoms with Crippen LogP contribution >= 0.6 is 23.2 Å². The zero-order valence-electron chi connectivity index (χ0n) is 20.1. The van der Waals surface area contributed by atoms with E-state index in [1.165, 1.54) is 6.26 Å². The topological polar surface area (TPSA) is 92.8 Å². The first kappa shape index (κ1) is 26.1. The Morgan fingerprint density at radius 2 is 1.86 bits per heavy atom. The minimum absolute atomic E-state index is 0.0787. The Hall–Kier alpha value is -3.99. The highest BCUT2D eigenvalue weighted by molar-refractivity contribution is 6.35. The van der Waals surface area contributed by atoms with Crippen LogP contribution in [0.1, 0.15) is 30.7 Å². The summed E-state index contributed by atoms with van der Waals surface area (Å²) in [6, 6.07) is 15.6. The normalized spacial score (nSPS) is 14.8. The molecule has 37 heavy (non-hydrogen) atoms. The Morgan fingerprint density at radius 1 is 1.05 bits per heavy atom. The molecule has 9 heteroatoms. The van der Waals surface area contributed by atoms with E-state index in [9.17, 15) is 14.9 Å². The quantitative estimate of drug-likeness (QED) is 0.245. The summed E-state index contributed by atoms with van der Waals surface area (Å²) in [6.07, 6.45) is 3.08. The van der Waals surface area contributed by atoms with Crippen molar-refractivity contribution in [2.45, 2.75) is 27.0 Å². The largest absolute Gasteiger partial charge is 0.490 e. The average molecular weight is 537 g/mol. The van der Waals surface area contributed by atoms with Crippen LogP contribution in [0.15, 0.2) is 75.9 Å². The number of nitriles is 1. The fourth-order valence-electron chi connectivity index (χ4n) is 3.79. The molecule has 0 N–H and O–H groups in total. The Balaban J connectivity index is 1.65. The number of carbonyl (C=O) groups is 2. The lowest BCUT2D eigenvalue weighted by Crippen LogP contribution is -2.42. The smallest absolute Gasteiger partial charge is 0.272 e. The molecular formula is C28H22Cl2N2O5. The first-order chi connectivity index (χ1) is 17.8. The van der Waals surface area contributed by atoms with Gasteiger partial charge in [-0.3, -0.25) is 14.5 Å². The van der Waals surface area contributed by atoms with Crippen LogP contribution in [-0.4, -0.2) is 23.3 Å². The molecule has 0 fully saturated rings. The van der Waals surface area contributed by atoms with Gasteiger partial charge in [-0.2, -0.15) is 5.26 Å². The van der Waals surface area contributed by atoms with Gasteiger partial charge in [0.05, 0.1) is 19.4 Å². The van der Waals surface area contributed by atoms with E-state index in [1.54, 1.807) is 61.5 Å². The van der Waals surface area contributed by atoms with Crippen LogP contribution in [0.3, 0.4) is 0 Å². The molecule has 2 heterocycles. The van der Waals surface area contributed by atoms with Gasteiger partial charge in [0.1, 0.15) is 24.0 Å². The molecule has 0 aliphatic carbocycles. The Kier molecular flexibility index (Phi) is 8.02. The molecule has 0 saturated heterocycles. The van der Waals surface area contributed by atoms with Crippen molar-refractivity contribution in [3.8, 4) is 17.6 Å². The monoisotopic (exact) mass is 536 g/mol. The molecule has 3 aromatic rings. The predicted octanol–water partition coefficient (Wildman–Crippen LogP) is 6.36. The van der Waals surface area contributed by atoms with Crippen molar-refractivity contribution in [3.05, 3.63) is 98.4 Å². The minimum Gasteiger partial charge on any atom is -0.490 e. The van der Waals surface area contributed by atoms with E-state index in [0.717, 1.165) is 10.5 Å². The average Bonchev–Trinajstić information content (AvgIpc) is 3.39. The Labute approximate surface area is 224 Å². The Bertz CT molecular complexity index is 1450. The molecule has 2 aromatic carbocycles. The zero-order valence-corrected chi connectivity index (χ0v) is 21.6. The Morgan fingerprint density at radius 3 is 2.54 bits per heavy atom. The maximum atomic E-state index is 13.3. The predicted molar refractivity (Wildman–Crippen MR) is 139 cm³/mol. The fraction of sp³-hybridized carbons (Fsp3) is 0.179. The number of nitrogens with zero attached hydrogens (tertiary/aromatic N) is 2. The number of rotatable bonds is 8. The molecular weight excluding hydrogens is 515 g/mol. The number of furan rings is 1. The molecule has 0 spiro atoms. The number of carbonyl (C=O) groups excluding carboxylic acids is 2. The van der Waals surface area contributed by atoms with Crippen molar-refractivity contribution in [2.75, 3.05) is 6.61 Å². The number of hydrogen-bond acceptors (Lipinski definition) is 6. The second-order valence-electron chi connectivity index (χ2n) is 8.11. The van der Waals surface area contributed by atoms with Crippen molar-refractivity contribution in [2.24, 2.45) is 0 Å². The third-order valence-corrected chi connectivity index (χ3v) is 6.28. The maximum Gasteiger partial charge on any atom is 0.272 e. The van der Waals surface area contributed by atoms with E-state index < -0.39 is 11.8 Å². The van der Waals surface area contributed by atoms with E-state index >= 15 is 0 Å². The van der Waals surface area contributed by atoms with Crippen LogP contribution in [0, 0.1) is 11.3 Å². The van der Waals surface area contributed by atoms with Crippen LogP contribution in [0.25, 0.3) is 6.08 Å². The van der Waals surface area contributed by atoms with E-state index in [1.807, 2.05) is 13.0 Å². The van der Waals surface area contributed by atoms with E-state index in [2.05, 4.69) is 0 Å². The summed E-state index contributed by atoms with van der Waals surface area (Å²) in [5.74, 6) is 0.214. The molecule has 2 amide bonds. The molecule has 0 saturated carbocycles. The minimum atomic E-state index is -0.654.